The van der Waals surface area contributed by atoms with Crippen LogP contribution in [0.3, 0.4) is 0 Å². The number of aliphatic hydroxyl groups excluding tert-OH is 1. The number of hydrogen-bond acceptors (Lipinski definition) is 4. The lowest BCUT2D eigenvalue weighted by Crippen LogP contribution is -2.36. The van der Waals surface area contributed by atoms with Crippen LogP contribution in [0.25, 0.3) is 0 Å². The van der Waals surface area contributed by atoms with Gasteiger partial charge in [-0.3, -0.25) is 9.78 Å². The summed E-state index contributed by atoms with van der Waals surface area (Å²) in [6.07, 6.45) is 2.08. The monoisotopic (exact) mass is 251 g/mol. The van der Waals surface area contributed by atoms with Crippen molar-refractivity contribution >= 4 is 11.6 Å². The van der Waals surface area contributed by atoms with E-state index in [0.717, 1.165) is 18.7 Å². The third-order valence-corrected chi connectivity index (χ3v) is 2.67. The molecule has 0 aromatic carbocycles. The fourth-order valence-electron chi connectivity index (χ4n) is 1.65. The predicted molar refractivity (Wildman–Crippen MR) is 71.4 cm³/mol. The fourth-order valence-corrected chi connectivity index (χ4v) is 1.65. The Bertz CT molecular complexity index is 376. The van der Waals surface area contributed by atoms with Gasteiger partial charge in [0.05, 0.1) is 30.2 Å². The highest BCUT2D eigenvalue weighted by atomic mass is 16.3. The van der Waals surface area contributed by atoms with E-state index in [2.05, 4.69) is 17.2 Å². The first-order valence-corrected chi connectivity index (χ1v) is 6.18. The van der Waals surface area contributed by atoms with E-state index >= 15 is 0 Å². The first-order valence-electron chi connectivity index (χ1n) is 6.18. The van der Waals surface area contributed by atoms with Crippen LogP contribution in [0, 0.1) is 0 Å². The summed E-state index contributed by atoms with van der Waals surface area (Å²) < 4.78 is 0. The van der Waals surface area contributed by atoms with Crippen molar-refractivity contribution in [1.29, 1.82) is 0 Å². The second-order valence-electron chi connectivity index (χ2n) is 4.21. The Hall–Kier alpha value is -1.62. The summed E-state index contributed by atoms with van der Waals surface area (Å²) >= 11 is 0. The topological polar surface area (TPSA) is 65.5 Å². The molecule has 1 rings (SSSR count). The molecular formula is C13H21N3O2. The van der Waals surface area contributed by atoms with Crippen molar-refractivity contribution < 1.29 is 9.90 Å². The Morgan fingerprint density at radius 1 is 1.56 bits per heavy atom. The van der Waals surface area contributed by atoms with Crippen LogP contribution in [0.15, 0.2) is 18.3 Å². The third-order valence-electron chi connectivity index (χ3n) is 2.67. The summed E-state index contributed by atoms with van der Waals surface area (Å²) in [5.41, 5.74) is 1.53. The predicted octanol–water partition coefficient (Wildman–Crippen LogP) is 1.10. The molecule has 1 aromatic rings. The van der Waals surface area contributed by atoms with Gasteiger partial charge in [-0.25, -0.2) is 0 Å². The van der Waals surface area contributed by atoms with E-state index in [9.17, 15) is 9.90 Å². The van der Waals surface area contributed by atoms with E-state index in [0.29, 0.717) is 12.2 Å². The lowest BCUT2D eigenvalue weighted by molar-refractivity contribution is -0.119. The number of aliphatic hydroxyl groups is 1. The number of carbonyl (C=O) groups excluding carboxylic acids is 1. The zero-order valence-electron chi connectivity index (χ0n) is 11.2. The Balaban J connectivity index is 2.81. The van der Waals surface area contributed by atoms with Gasteiger partial charge in [0.15, 0.2) is 0 Å². The number of hydrogen-bond donors (Lipinski definition) is 2. The quantitative estimate of drug-likeness (QED) is 0.794. The molecule has 2 N–H and O–H groups in total. The zero-order valence-corrected chi connectivity index (χ0v) is 11.2. The van der Waals surface area contributed by atoms with Crippen LogP contribution in [-0.2, 0) is 4.79 Å². The number of nitrogens with one attached hydrogen (secondary N) is 1. The number of rotatable bonds is 6. The molecule has 100 valence electrons. The van der Waals surface area contributed by atoms with Crippen LogP contribution >= 0.6 is 0 Å². The highest BCUT2D eigenvalue weighted by molar-refractivity contribution is 5.80. The molecule has 5 heteroatoms. The third kappa shape index (κ3) is 4.00. The van der Waals surface area contributed by atoms with Gasteiger partial charge >= 0.3 is 0 Å². The molecule has 0 bridgehead atoms. The van der Waals surface area contributed by atoms with E-state index in [4.69, 9.17) is 0 Å². The van der Waals surface area contributed by atoms with Crippen LogP contribution in [0.5, 0.6) is 0 Å². The molecule has 1 atom stereocenters. The number of carbonyl (C=O) groups is 1. The maximum absolute atomic E-state index is 11.4. The Morgan fingerprint density at radius 2 is 2.28 bits per heavy atom. The van der Waals surface area contributed by atoms with Gasteiger partial charge in [-0.15, -0.1) is 0 Å². The fraction of sp³-hybridized carbons (Fsp3) is 0.538. The van der Waals surface area contributed by atoms with Gasteiger partial charge in [-0.05, 0) is 25.5 Å². The van der Waals surface area contributed by atoms with Gasteiger partial charge in [0, 0.05) is 13.6 Å². The molecule has 0 fully saturated rings. The molecular weight excluding hydrogens is 230 g/mol. The number of nitrogens with zero attached hydrogens (tertiary/aromatic N) is 2. The summed E-state index contributed by atoms with van der Waals surface area (Å²) in [7, 11) is 1.63. The minimum atomic E-state index is -0.572. The molecule has 0 unspecified atom stereocenters. The van der Waals surface area contributed by atoms with Crippen LogP contribution in [0.2, 0.25) is 0 Å². The van der Waals surface area contributed by atoms with Crippen molar-refractivity contribution in [2.75, 3.05) is 25.0 Å². The highest BCUT2D eigenvalue weighted by Crippen LogP contribution is 2.16. The number of aromatic nitrogens is 1. The second-order valence-corrected chi connectivity index (χ2v) is 4.21. The average Bonchev–Trinajstić information content (AvgIpc) is 2.38. The van der Waals surface area contributed by atoms with Crippen molar-refractivity contribution in [3.05, 3.63) is 24.0 Å². The van der Waals surface area contributed by atoms with Gasteiger partial charge in [0.1, 0.15) is 0 Å². The van der Waals surface area contributed by atoms with Crippen molar-refractivity contribution in [1.82, 2.24) is 10.3 Å². The van der Waals surface area contributed by atoms with Crippen molar-refractivity contribution in [3.63, 3.8) is 0 Å². The molecule has 0 saturated carbocycles. The summed E-state index contributed by atoms with van der Waals surface area (Å²) in [6, 6.07) is 3.67. The van der Waals surface area contributed by atoms with Gasteiger partial charge in [0.25, 0.3) is 0 Å². The van der Waals surface area contributed by atoms with E-state index in [-0.39, 0.29) is 5.91 Å². The van der Waals surface area contributed by atoms with E-state index in [1.54, 1.807) is 26.2 Å². The number of anilines is 1. The van der Waals surface area contributed by atoms with E-state index in [1.807, 2.05) is 11.0 Å². The van der Waals surface area contributed by atoms with Gasteiger partial charge in [-0.2, -0.15) is 0 Å². The number of pyridine rings is 1. The molecule has 1 aromatic heterocycles. The molecule has 1 amide bonds. The standard InChI is InChI=1S/C13H21N3O2/c1-4-7-16(9-13(18)14-3)11-5-6-12(10(2)17)15-8-11/h5-6,8,10,17H,4,7,9H2,1-3H3,(H,14,18)/t10-/m1/s1. The minimum absolute atomic E-state index is 0.0250. The van der Waals surface area contributed by atoms with Crippen molar-refractivity contribution in [2.24, 2.45) is 0 Å². The SMILES string of the molecule is CCCN(CC(=O)NC)c1ccc([C@@H](C)O)nc1. The Morgan fingerprint density at radius 3 is 2.72 bits per heavy atom. The van der Waals surface area contributed by atoms with Gasteiger partial charge in [-0.1, -0.05) is 6.92 Å². The summed E-state index contributed by atoms with van der Waals surface area (Å²) in [6.45, 7) is 4.86. The highest BCUT2D eigenvalue weighted by Gasteiger charge is 2.11. The molecule has 5 nitrogen and oxygen atoms in total. The number of amides is 1. The zero-order chi connectivity index (χ0) is 13.5. The molecule has 0 aliphatic heterocycles. The smallest absolute Gasteiger partial charge is 0.239 e. The number of likely N-dealkylation sites (N-methyl/N-ethyl adjacent to an activating group) is 1. The molecule has 0 aliphatic rings. The van der Waals surface area contributed by atoms with E-state index < -0.39 is 6.10 Å². The molecule has 0 spiro atoms. The van der Waals surface area contributed by atoms with Crippen LogP contribution in [-0.4, -0.2) is 36.1 Å². The van der Waals surface area contributed by atoms with Gasteiger partial charge in [0.2, 0.25) is 5.91 Å². The van der Waals surface area contributed by atoms with Crippen LogP contribution < -0.4 is 10.2 Å². The summed E-state index contributed by atoms with van der Waals surface area (Å²) in [4.78, 5) is 17.6. The first kappa shape index (κ1) is 14.4. The maximum Gasteiger partial charge on any atom is 0.239 e. The lowest BCUT2D eigenvalue weighted by Gasteiger charge is -2.23. The average molecular weight is 251 g/mol. The maximum atomic E-state index is 11.4. The van der Waals surface area contributed by atoms with E-state index in [1.165, 1.54) is 0 Å². The van der Waals surface area contributed by atoms with Crippen LogP contribution in [0.1, 0.15) is 32.1 Å². The van der Waals surface area contributed by atoms with Crippen molar-refractivity contribution in [3.8, 4) is 0 Å². The Labute approximate surface area is 108 Å². The molecule has 1 heterocycles. The molecule has 0 aliphatic carbocycles. The van der Waals surface area contributed by atoms with Gasteiger partial charge < -0.3 is 15.3 Å². The summed E-state index contributed by atoms with van der Waals surface area (Å²) in [5, 5.41) is 12.0. The minimum Gasteiger partial charge on any atom is -0.387 e. The lowest BCUT2D eigenvalue weighted by atomic mass is 10.2. The van der Waals surface area contributed by atoms with Crippen molar-refractivity contribution in [2.45, 2.75) is 26.4 Å². The Kier molecular flexibility index (Phi) is 5.58. The molecule has 0 radical (unpaired) electrons. The normalized spacial score (nSPS) is 12.0. The summed E-state index contributed by atoms with van der Waals surface area (Å²) in [5.74, 6) is -0.0250. The van der Waals surface area contributed by atoms with Crippen LogP contribution in [0.4, 0.5) is 5.69 Å². The first-order chi connectivity index (χ1) is 8.58. The second kappa shape index (κ2) is 6.96. The largest absolute Gasteiger partial charge is 0.387 e. The molecule has 18 heavy (non-hydrogen) atoms. The molecule has 0 saturated heterocycles.